The molecule has 3 N–H and O–H groups in total. The number of alkyl halides is 4. The van der Waals surface area contributed by atoms with Crippen molar-refractivity contribution in [2.24, 2.45) is 11.8 Å². The van der Waals surface area contributed by atoms with Gasteiger partial charge in [-0.3, -0.25) is 4.79 Å². The van der Waals surface area contributed by atoms with Gasteiger partial charge in [-0.2, -0.15) is 0 Å². The third kappa shape index (κ3) is 8.67. The van der Waals surface area contributed by atoms with Crippen molar-refractivity contribution in [2.45, 2.75) is 83.6 Å². The summed E-state index contributed by atoms with van der Waals surface area (Å²) in [5, 5.41) is 2.98. The van der Waals surface area contributed by atoms with Gasteiger partial charge in [0.05, 0.1) is 29.8 Å². The van der Waals surface area contributed by atoms with Crippen molar-refractivity contribution in [3.05, 3.63) is 72.6 Å². The third-order valence-electron chi connectivity index (χ3n) is 10.3. The second-order valence-electron chi connectivity index (χ2n) is 14.8. The van der Waals surface area contributed by atoms with Crippen molar-refractivity contribution in [3.63, 3.8) is 0 Å². The molecule has 278 valence electrons. The first kappa shape index (κ1) is 37.1. The van der Waals surface area contributed by atoms with Crippen LogP contribution >= 0.6 is 0 Å². The number of hydrogen-bond acceptors (Lipinski definition) is 4. The molecule has 0 unspecified atom stereocenters. The van der Waals surface area contributed by atoms with E-state index in [4.69, 9.17) is 0 Å². The average molecular weight is 722 g/mol. The molecule has 2 aromatic carbocycles. The molecule has 6 rings (SSSR count). The second-order valence-corrected chi connectivity index (χ2v) is 14.8. The number of aromatic amines is 2. The largest absolute Gasteiger partial charge is 0.342 e. The van der Waals surface area contributed by atoms with E-state index in [2.05, 4.69) is 25.3 Å². The zero-order valence-electron chi connectivity index (χ0n) is 30.1. The van der Waals surface area contributed by atoms with E-state index in [1.54, 1.807) is 17.3 Å². The Morgan fingerprint density at radius 3 is 1.56 bits per heavy atom. The summed E-state index contributed by atoms with van der Waals surface area (Å²) in [6.07, 6.45) is 2.46. The normalized spacial score (nSPS) is 18.4. The van der Waals surface area contributed by atoms with Crippen molar-refractivity contribution in [1.29, 1.82) is 0 Å². The quantitative estimate of drug-likeness (QED) is 0.142. The molecule has 52 heavy (non-hydrogen) atoms. The number of halogens is 4. The number of rotatable bonds is 10. The average Bonchev–Trinajstić information content (AvgIpc) is 3.80. The summed E-state index contributed by atoms with van der Waals surface area (Å²) in [5.41, 5.74) is 5.54. The van der Waals surface area contributed by atoms with Gasteiger partial charge in [-0.15, -0.1) is 0 Å². The van der Waals surface area contributed by atoms with Crippen molar-refractivity contribution in [3.8, 4) is 33.6 Å². The summed E-state index contributed by atoms with van der Waals surface area (Å²) in [6.45, 7) is 8.20. The first-order valence-electron chi connectivity index (χ1n) is 18.1. The van der Waals surface area contributed by atoms with Crippen molar-refractivity contribution >= 4 is 11.9 Å². The summed E-state index contributed by atoms with van der Waals surface area (Å²) in [7, 11) is 0. The van der Waals surface area contributed by atoms with Crippen molar-refractivity contribution in [1.82, 2.24) is 35.1 Å². The Morgan fingerprint density at radius 1 is 0.673 bits per heavy atom. The molecule has 2 atom stereocenters. The summed E-state index contributed by atoms with van der Waals surface area (Å²) in [6, 6.07) is 15.4. The zero-order chi connectivity index (χ0) is 37.2. The smallest absolute Gasteiger partial charge is 0.318 e. The van der Waals surface area contributed by atoms with Gasteiger partial charge < -0.3 is 25.1 Å². The monoisotopic (exact) mass is 721 g/mol. The Kier molecular flexibility index (Phi) is 10.8. The highest BCUT2D eigenvalue weighted by atomic mass is 19.3. The number of carbonyl (C=O) groups excluding carboxylic acids is 2. The predicted octanol–water partition coefficient (Wildman–Crippen LogP) is 8.66. The molecule has 3 amide bonds. The number of aromatic nitrogens is 4. The maximum absolute atomic E-state index is 13.6. The lowest BCUT2D eigenvalue weighted by Crippen LogP contribution is -2.48. The van der Waals surface area contributed by atoms with Crippen molar-refractivity contribution in [2.75, 3.05) is 26.2 Å². The van der Waals surface area contributed by atoms with Crippen LogP contribution in [0.5, 0.6) is 0 Å². The Hall–Kier alpha value is -4.68. The molecule has 2 aromatic heterocycles. The fourth-order valence-corrected chi connectivity index (χ4v) is 6.86. The number of carbonyl (C=O) groups is 2. The number of imidazole rings is 2. The molecule has 0 bridgehead atoms. The van der Waals surface area contributed by atoms with Crippen LogP contribution in [0.3, 0.4) is 0 Å². The molecule has 4 aromatic rings. The standard InChI is InChI=1S/C39H47F4N7O2/c1-24(2)30(21-33(51)49-17-13-38(40,41)14-18-49)35-44-22-31(46-35)28-9-5-26(6-10-28)27-7-11-29(12-8-27)32-23-45-36(47-32)34(25(3)4)48-37(52)50-19-15-39(42,43)16-20-50/h5-12,22-25,30,34H,13-21H2,1-4H3,(H,44,46)(H,45,47)(H,48,52)/t30-,34-/m0/s1. The summed E-state index contributed by atoms with van der Waals surface area (Å²) in [4.78, 5) is 44.8. The molecule has 2 aliphatic rings. The molecule has 2 aliphatic heterocycles. The van der Waals surface area contributed by atoms with Gasteiger partial charge in [0.1, 0.15) is 11.6 Å². The van der Waals surface area contributed by atoms with Gasteiger partial charge >= 0.3 is 6.03 Å². The van der Waals surface area contributed by atoms with E-state index in [9.17, 15) is 27.2 Å². The van der Waals surface area contributed by atoms with E-state index in [-0.39, 0.29) is 88.0 Å². The minimum absolute atomic E-state index is 0.0127. The minimum atomic E-state index is -2.72. The van der Waals surface area contributed by atoms with Crippen LogP contribution < -0.4 is 5.32 Å². The van der Waals surface area contributed by atoms with Crippen molar-refractivity contribution < 1.29 is 27.2 Å². The number of nitrogens with one attached hydrogen (secondary N) is 3. The van der Waals surface area contributed by atoms with Gasteiger partial charge in [0.25, 0.3) is 11.8 Å². The number of nitrogens with zero attached hydrogens (tertiary/aromatic N) is 4. The van der Waals surface area contributed by atoms with Crippen LogP contribution in [0.2, 0.25) is 0 Å². The fraction of sp³-hybridized carbons (Fsp3) is 0.487. The van der Waals surface area contributed by atoms with E-state index in [1.165, 1.54) is 4.90 Å². The second kappa shape index (κ2) is 15.1. The van der Waals surface area contributed by atoms with E-state index < -0.39 is 17.9 Å². The molecule has 13 heteroatoms. The van der Waals surface area contributed by atoms with Gasteiger partial charge in [-0.1, -0.05) is 76.2 Å². The molecule has 0 spiro atoms. The van der Waals surface area contributed by atoms with Gasteiger partial charge in [-0.05, 0) is 34.1 Å². The highest BCUT2D eigenvalue weighted by Gasteiger charge is 2.37. The Morgan fingerprint density at radius 2 is 1.10 bits per heavy atom. The number of piperidine rings is 2. The lowest BCUT2D eigenvalue weighted by atomic mass is 9.91. The molecule has 0 aliphatic carbocycles. The fourth-order valence-electron chi connectivity index (χ4n) is 6.86. The number of benzene rings is 2. The zero-order valence-corrected chi connectivity index (χ0v) is 30.1. The maximum Gasteiger partial charge on any atom is 0.318 e. The number of likely N-dealkylation sites (tertiary alicyclic amines) is 2. The minimum Gasteiger partial charge on any atom is -0.342 e. The molecule has 0 radical (unpaired) electrons. The van der Waals surface area contributed by atoms with Crippen LogP contribution in [0.4, 0.5) is 22.4 Å². The van der Waals surface area contributed by atoms with Crippen LogP contribution in [-0.4, -0.2) is 79.7 Å². The number of H-pyrrole nitrogens is 2. The van der Waals surface area contributed by atoms with Gasteiger partial charge in [0, 0.05) is 64.2 Å². The van der Waals surface area contributed by atoms with E-state index in [0.29, 0.717) is 11.6 Å². The van der Waals surface area contributed by atoms with Crippen LogP contribution in [-0.2, 0) is 4.79 Å². The predicted molar refractivity (Wildman–Crippen MR) is 192 cm³/mol. The molecule has 9 nitrogen and oxygen atoms in total. The molecular weight excluding hydrogens is 674 g/mol. The highest BCUT2D eigenvalue weighted by Crippen LogP contribution is 2.33. The maximum atomic E-state index is 13.6. The lowest BCUT2D eigenvalue weighted by molar-refractivity contribution is -0.138. The van der Waals surface area contributed by atoms with Gasteiger partial charge in [0.2, 0.25) is 5.91 Å². The SMILES string of the molecule is CC(C)[C@H](CC(=O)N1CCC(F)(F)CC1)c1ncc(-c2ccc(-c3ccc(-c4cnc([C@@H](NC(=O)N5CCC(F)(F)CC5)C(C)C)[nH]4)cc3)cc2)[nH]1. The van der Waals surface area contributed by atoms with E-state index >= 15 is 0 Å². The topological polar surface area (TPSA) is 110 Å². The first-order valence-corrected chi connectivity index (χ1v) is 18.1. The summed E-state index contributed by atoms with van der Waals surface area (Å²) in [5.74, 6) is -4.26. The number of hydrogen-bond donors (Lipinski definition) is 3. The molecule has 4 heterocycles. The third-order valence-corrected chi connectivity index (χ3v) is 10.3. The number of amides is 3. The summed E-state index contributed by atoms with van der Waals surface area (Å²) < 4.78 is 54.4. The first-order chi connectivity index (χ1) is 24.7. The molecule has 2 saturated heterocycles. The van der Waals surface area contributed by atoms with Crippen LogP contribution in [0.1, 0.15) is 83.4 Å². The van der Waals surface area contributed by atoms with E-state index in [1.807, 2.05) is 76.2 Å². The summed E-state index contributed by atoms with van der Waals surface area (Å²) >= 11 is 0. The Labute approximate surface area is 301 Å². The highest BCUT2D eigenvalue weighted by molar-refractivity contribution is 5.77. The van der Waals surface area contributed by atoms with E-state index in [0.717, 1.165) is 33.6 Å². The van der Waals surface area contributed by atoms with Crippen LogP contribution in [0.15, 0.2) is 60.9 Å². The Balaban J connectivity index is 1.08. The lowest BCUT2D eigenvalue weighted by Gasteiger charge is -2.33. The number of urea groups is 1. The van der Waals surface area contributed by atoms with Gasteiger partial charge in [0.15, 0.2) is 0 Å². The van der Waals surface area contributed by atoms with Crippen LogP contribution in [0.25, 0.3) is 33.6 Å². The van der Waals surface area contributed by atoms with Gasteiger partial charge in [-0.25, -0.2) is 32.3 Å². The molecule has 0 saturated carbocycles. The Bertz CT molecular complexity index is 1680. The molecular formula is C39H47F4N7O2. The van der Waals surface area contributed by atoms with Crippen LogP contribution in [0, 0.1) is 11.8 Å². The molecule has 2 fully saturated rings.